The molecule has 1 aromatic heterocycles. The van der Waals surface area contributed by atoms with Crippen molar-refractivity contribution in [3.05, 3.63) is 42.2 Å². The Morgan fingerprint density at radius 1 is 1.03 bits per heavy atom. The van der Waals surface area contributed by atoms with E-state index in [0.717, 1.165) is 0 Å². The minimum atomic E-state index is -0.368. The van der Waals surface area contributed by atoms with Gasteiger partial charge in [-0.05, 0) is 36.4 Å². The molecule has 0 fully saturated rings. The molecule has 0 bridgehead atoms. The molecule has 11 heteroatoms. The van der Waals surface area contributed by atoms with Crippen LogP contribution in [0.1, 0.15) is 0 Å². The van der Waals surface area contributed by atoms with E-state index in [1.165, 1.54) is 57.4 Å². The number of benzene rings is 2. The van der Waals surface area contributed by atoms with Gasteiger partial charge in [0.25, 0.3) is 0 Å². The summed E-state index contributed by atoms with van der Waals surface area (Å²) >= 11 is 1.23. The number of thioether (sulfide) groups is 1. The summed E-state index contributed by atoms with van der Waals surface area (Å²) in [5, 5.41) is 11.9. The third kappa shape index (κ3) is 5.93. The molecule has 3 aromatic rings. The Kier molecular flexibility index (Phi) is 8.50. The Morgan fingerprint density at radius 2 is 1.70 bits per heavy atom. The molecule has 0 saturated carbocycles. The number of amides is 1. The number of halogens is 1. The number of ether oxygens (including phenoxy) is 4. The second-order valence-electron chi connectivity index (χ2n) is 6.71. The van der Waals surface area contributed by atoms with E-state index in [-0.39, 0.29) is 17.5 Å². The minimum absolute atomic E-state index is 0.0950. The second-order valence-corrected chi connectivity index (χ2v) is 7.65. The summed E-state index contributed by atoms with van der Waals surface area (Å²) in [4.78, 5) is 12.4. The van der Waals surface area contributed by atoms with Crippen LogP contribution in [0.2, 0.25) is 0 Å². The van der Waals surface area contributed by atoms with E-state index < -0.39 is 0 Å². The lowest BCUT2D eigenvalue weighted by atomic mass is 10.1. The molecule has 1 heterocycles. The molecule has 1 N–H and O–H groups in total. The fourth-order valence-electron chi connectivity index (χ4n) is 3.06. The van der Waals surface area contributed by atoms with E-state index in [1.54, 1.807) is 19.2 Å². The number of hydrogen-bond acceptors (Lipinski definition) is 8. The van der Waals surface area contributed by atoms with Crippen LogP contribution in [0.25, 0.3) is 11.4 Å². The first-order chi connectivity index (χ1) is 16.0. The molecule has 176 valence electrons. The van der Waals surface area contributed by atoms with Gasteiger partial charge in [-0.3, -0.25) is 9.36 Å². The quantitative estimate of drug-likeness (QED) is 0.420. The van der Waals surface area contributed by atoms with Gasteiger partial charge >= 0.3 is 0 Å². The van der Waals surface area contributed by atoms with Crippen LogP contribution in [0.3, 0.4) is 0 Å². The lowest BCUT2D eigenvalue weighted by Gasteiger charge is -2.15. The molecule has 0 aliphatic heterocycles. The number of anilines is 1. The van der Waals surface area contributed by atoms with Crippen molar-refractivity contribution in [3.63, 3.8) is 0 Å². The lowest BCUT2D eigenvalue weighted by Crippen LogP contribution is -2.15. The SMILES string of the molecule is COCCn1c(SCC(=O)Nc2ccc(F)cc2)nnc1-c1cc(OC)c(OC)c(OC)c1. The number of rotatable bonds is 11. The molecule has 0 aliphatic carbocycles. The molecule has 1 amide bonds. The zero-order valence-corrected chi connectivity index (χ0v) is 19.6. The van der Waals surface area contributed by atoms with Crippen molar-refractivity contribution >= 4 is 23.4 Å². The van der Waals surface area contributed by atoms with Crippen molar-refractivity contribution in [1.29, 1.82) is 0 Å². The normalized spacial score (nSPS) is 10.7. The van der Waals surface area contributed by atoms with Crippen molar-refractivity contribution in [3.8, 4) is 28.6 Å². The highest BCUT2D eigenvalue weighted by Gasteiger charge is 2.20. The first kappa shape index (κ1) is 24.3. The monoisotopic (exact) mass is 476 g/mol. The van der Waals surface area contributed by atoms with Crippen molar-refractivity contribution < 1.29 is 28.1 Å². The fourth-order valence-corrected chi connectivity index (χ4v) is 3.83. The number of carbonyl (C=O) groups is 1. The van der Waals surface area contributed by atoms with Gasteiger partial charge in [0.05, 0.1) is 40.2 Å². The molecule has 0 radical (unpaired) electrons. The highest BCUT2D eigenvalue weighted by Crippen LogP contribution is 2.41. The van der Waals surface area contributed by atoms with Crippen LogP contribution in [0.4, 0.5) is 10.1 Å². The predicted octanol–water partition coefficient (Wildman–Crippen LogP) is 3.49. The maximum absolute atomic E-state index is 13.1. The molecule has 0 saturated heterocycles. The van der Waals surface area contributed by atoms with E-state index in [9.17, 15) is 9.18 Å². The fraction of sp³-hybridized carbons (Fsp3) is 0.318. The highest BCUT2D eigenvalue weighted by molar-refractivity contribution is 7.99. The summed E-state index contributed by atoms with van der Waals surface area (Å²) in [5.41, 5.74) is 1.22. The zero-order valence-electron chi connectivity index (χ0n) is 18.8. The van der Waals surface area contributed by atoms with Gasteiger partial charge < -0.3 is 24.3 Å². The third-order valence-corrected chi connectivity index (χ3v) is 5.59. The van der Waals surface area contributed by atoms with Crippen LogP contribution in [0, 0.1) is 5.82 Å². The number of carbonyl (C=O) groups excluding carboxylic acids is 1. The third-order valence-electron chi connectivity index (χ3n) is 4.62. The Morgan fingerprint density at radius 3 is 2.27 bits per heavy atom. The molecule has 9 nitrogen and oxygen atoms in total. The van der Waals surface area contributed by atoms with E-state index in [2.05, 4.69) is 15.5 Å². The van der Waals surface area contributed by atoms with Gasteiger partial charge in [-0.2, -0.15) is 0 Å². The first-order valence-electron chi connectivity index (χ1n) is 9.91. The van der Waals surface area contributed by atoms with Gasteiger partial charge in [0, 0.05) is 18.4 Å². The number of nitrogens with one attached hydrogen (secondary N) is 1. The zero-order chi connectivity index (χ0) is 23.8. The topological polar surface area (TPSA) is 96.7 Å². The summed E-state index contributed by atoms with van der Waals surface area (Å²) in [6.07, 6.45) is 0. The molecule has 3 rings (SSSR count). The number of nitrogens with zero attached hydrogens (tertiary/aromatic N) is 3. The summed E-state index contributed by atoms with van der Waals surface area (Å²) in [7, 11) is 6.22. The molecule has 0 atom stereocenters. The molecule has 0 unspecified atom stereocenters. The van der Waals surface area contributed by atoms with Crippen LogP contribution in [0.5, 0.6) is 17.2 Å². The van der Waals surface area contributed by atoms with Gasteiger partial charge in [-0.15, -0.1) is 10.2 Å². The number of aromatic nitrogens is 3. The maximum atomic E-state index is 13.1. The Hall–Kier alpha value is -3.31. The molecule has 0 aliphatic rings. The van der Waals surface area contributed by atoms with E-state index >= 15 is 0 Å². The number of hydrogen-bond donors (Lipinski definition) is 1. The van der Waals surface area contributed by atoms with Gasteiger partial charge in [0.1, 0.15) is 5.82 Å². The Labute approximate surface area is 195 Å². The largest absolute Gasteiger partial charge is 0.493 e. The predicted molar refractivity (Wildman–Crippen MR) is 123 cm³/mol. The second kappa shape index (κ2) is 11.5. The lowest BCUT2D eigenvalue weighted by molar-refractivity contribution is -0.113. The average Bonchev–Trinajstić information content (AvgIpc) is 3.24. The van der Waals surface area contributed by atoms with Crippen LogP contribution in [-0.4, -0.2) is 61.5 Å². The molecular formula is C22H25FN4O5S. The van der Waals surface area contributed by atoms with E-state index in [1.807, 2.05) is 4.57 Å². The first-order valence-corrected chi connectivity index (χ1v) is 10.9. The maximum Gasteiger partial charge on any atom is 0.234 e. The average molecular weight is 477 g/mol. The summed E-state index contributed by atoms with van der Waals surface area (Å²) in [6.45, 7) is 0.891. The van der Waals surface area contributed by atoms with Gasteiger partial charge in [-0.1, -0.05) is 11.8 Å². The minimum Gasteiger partial charge on any atom is -0.493 e. The van der Waals surface area contributed by atoms with Crippen LogP contribution >= 0.6 is 11.8 Å². The van der Waals surface area contributed by atoms with Crippen molar-refractivity contribution in [2.45, 2.75) is 11.7 Å². The van der Waals surface area contributed by atoms with E-state index in [4.69, 9.17) is 18.9 Å². The van der Waals surface area contributed by atoms with Crippen LogP contribution < -0.4 is 19.5 Å². The Balaban J connectivity index is 1.84. The van der Waals surface area contributed by atoms with Gasteiger partial charge in [0.15, 0.2) is 22.5 Å². The van der Waals surface area contributed by atoms with Crippen LogP contribution in [0.15, 0.2) is 41.6 Å². The Bertz CT molecular complexity index is 1070. The summed E-state index contributed by atoms with van der Waals surface area (Å²) in [5.74, 6) is 1.49. The van der Waals surface area contributed by atoms with E-state index in [0.29, 0.717) is 52.6 Å². The smallest absolute Gasteiger partial charge is 0.234 e. The van der Waals surface area contributed by atoms with Crippen molar-refractivity contribution in [2.75, 3.05) is 46.1 Å². The van der Waals surface area contributed by atoms with Gasteiger partial charge in [-0.25, -0.2) is 4.39 Å². The summed E-state index contributed by atoms with van der Waals surface area (Å²) < 4.78 is 36.4. The van der Waals surface area contributed by atoms with Crippen LogP contribution in [-0.2, 0) is 16.1 Å². The molecule has 0 spiro atoms. The standard InChI is InChI=1S/C22H25FN4O5S/c1-29-10-9-27-21(14-11-17(30-2)20(32-4)18(12-14)31-3)25-26-22(27)33-13-19(28)24-16-7-5-15(23)6-8-16/h5-8,11-12H,9-10,13H2,1-4H3,(H,24,28). The van der Waals surface area contributed by atoms with Crippen molar-refractivity contribution in [1.82, 2.24) is 14.8 Å². The van der Waals surface area contributed by atoms with Crippen molar-refractivity contribution in [2.24, 2.45) is 0 Å². The molecular weight excluding hydrogens is 451 g/mol. The highest BCUT2D eigenvalue weighted by atomic mass is 32.2. The molecule has 33 heavy (non-hydrogen) atoms. The summed E-state index contributed by atoms with van der Waals surface area (Å²) in [6, 6.07) is 9.14. The molecule has 2 aromatic carbocycles. The number of methoxy groups -OCH3 is 4. The van der Waals surface area contributed by atoms with Gasteiger partial charge in [0.2, 0.25) is 11.7 Å².